The number of nitriles is 1. The maximum Gasteiger partial charge on any atom is 0.122 e. The average molecular weight is 644 g/mol. The number of halogens is 2. The summed E-state index contributed by atoms with van der Waals surface area (Å²) in [6.07, 6.45) is 9.24. The average Bonchev–Trinajstić information content (AvgIpc) is 3.40. The van der Waals surface area contributed by atoms with E-state index in [0.29, 0.717) is 19.4 Å². The van der Waals surface area contributed by atoms with Gasteiger partial charge in [0.2, 0.25) is 0 Å². The molecule has 3 nitrogen and oxygen atoms in total. The van der Waals surface area contributed by atoms with Crippen molar-refractivity contribution in [3.8, 4) is 17.2 Å². The highest BCUT2D eigenvalue weighted by Gasteiger charge is 2.32. The third-order valence-electron chi connectivity index (χ3n) is 10.8. The molecule has 0 aromatic heterocycles. The minimum atomic E-state index is -1.02. The summed E-state index contributed by atoms with van der Waals surface area (Å²) in [4.78, 5) is 2.28. The standard InChI is InChI=1S/C41H55ClFN3/c1-7-41(8-2,9-3)45-28-36-27-39(42)35(26-34(36)21-23-44)20-19-33-16-13-18-38(31(33)5)37-17-12-15-32(30(37)4)14-10-11-24-46-25-22-40(6,43)29-46/h12-13,15-18,26-27,45H,7-11,14,19-22,24-25,28-29H2,1-6H3. The fourth-order valence-corrected chi connectivity index (χ4v) is 7.62. The van der Waals surface area contributed by atoms with Crippen LogP contribution in [0.25, 0.3) is 11.1 Å². The minimum absolute atomic E-state index is 0.114. The van der Waals surface area contributed by atoms with E-state index in [4.69, 9.17) is 11.6 Å². The van der Waals surface area contributed by atoms with Gasteiger partial charge in [-0.2, -0.15) is 5.26 Å². The highest BCUT2D eigenvalue weighted by molar-refractivity contribution is 6.31. The third-order valence-corrected chi connectivity index (χ3v) is 11.2. The van der Waals surface area contributed by atoms with Gasteiger partial charge in [0.1, 0.15) is 5.67 Å². The molecular formula is C41H55ClFN3. The molecule has 1 aliphatic rings. The molecule has 1 saturated heterocycles. The Morgan fingerprint density at radius 2 is 1.48 bits per heavy atom. The Hall–Kier alpha value is -2.71. The first-order chi connectivity index (χ1) is 22.0. The molecule has 0 radical (unpaired) electrons. The Labute approximate surface area is 283 Å². The molecule has 4 rings (SSSR count). The smallest absolute Gasteiger partial charge is 0.122 e. The van der Waals surface area contributed by atoms with E-state index >= 15 is 0 Å². The van der Waals surface area contributed by atoms with Gasteiger partial charge < -0.3 is 10.2 Å². The number of benzene rings is 3. The molecule has 46 heavy (non-hydrogen) atoms. The van der Waals surface area contributed by atoms with Crippen LogP contribution in [0.2, 0.25) is 5.02 Å². The topological polar surface area (TPSA) is 39.1 Å². The molecule has 1 unspecified atom stereocenters. The first kappa shape index (κ1) is 36.1. The summed E-state index contributed by atoms with van der Waals surface area (Å²) >= 11 is 6.90. The number of rotatable bonds is 16. The van der Waals surface area contributed by atoms with Crippen molar-refractivity contribution in [2.75, 3.05) is 19.6 Å². The predicted molar refractivity (Wildman–Crippen MR) is 193 cm³/mol. The van der Waals surface area contributed by atoms with Crippen LogP contribution in [0.1, 0.15) is 105 Å². The number of alkyl halides is 1. The first-order valence-electron chi connectivity index (χ1n) is 17.6. The van der Waals surface area contributed by atoms with Crippen LogP contribution in [-0.4, -0.2) is 35.7 Å². The summed E-state index contributed by atoms with van der Waals surface area (Å²) in [6.45, 7) is 16.1. The maximum atomic E-state index is 14.2. The number of hydrogen-bond donors (Lipinski definition) is 1. The second-order valence-corrected chi connectivity index (χ2v) is 14.2. The van der Waals surface area contributed by atoms with Crippen LogP contribution in [0.3, 0.4) is 0 Å². The molecule has 0 spiro atoms. The second kappa shape index (κ2) is 16.4. The lowest BCUT2D eigenvalue weighted by Crippen LogP contribution is -2.43. The summed E-state index contributed by atoms with van der Waals surface area (Å²) < 4.78 is 14.2. The molecule has 1 N–H and O–H groups in total. The van der Waals surface area contributed by atoms with Gasteiger partial charge in [0.15, 0.2) is 0 Å². The highest BCUT2D eigenvalue weighted by Crippen LogP contribution is 2.33. The molecule has 1 atom stereocenters. The van der Waals surface area contributed by atoms with E-state index in [9.17, 15) is 9.65 Å². The molecule has 1 aliphatic heterocycles. The monoisotopic (exact) mass is 643 g/mol. The number of likely N-dealkylation sites (tertiary alicyclic amines) is 1. The van der Waals surface area contributed by atoms with Gasteiger partial charge in [0.25, 0.3) is 0 Å². The number of aryl methyl sites for hydroxylation is 3. The van der Waals surface area contributed by atoms with E-state index in [-0.39, 0.29) is 5.54 Å². The molecule has 3 aromatic rings. The lowest BCUT2D eigenvalue weighted by Gasteiger charge is -2.32. The van der Waals surface area contributed by atoms with Crippen molar-refractivity contribution in [2.24, 2.45) is 0 Å². The molecule has 3 aromatic carbocycles. The first-order valence-corrected chi connectivity index (χ1v) is 17.9. The summed E-state index contributed by atoms with van der Waals surface area (Å²) in [5.41, 5.74) is 10.4. The summed E-state index contributed by atoms with van der Waals surface area (Å²) in [5.74, 6) is 0. The lowest BCUT2D eigenvalue weighted by molar-refractivity contribution is 0.188. The van der Waals surface area contributed by atoms with Gasteiger partial charge in [-0.25, -0.2) is 4.39 Å². The summed E-state index contributed by atoms with van der Waals surface area (Å²) in [5, 5.41) is 14.2. The van der Waals surface area contributed by atoms with Crippen LogP contribution >= 0.6 is 11.6 Å². The van der Waals surface area contributed by atoms with E-state index in [0.717, 1.165) is 92.7 Å². The summed E-state index contributed by atoms with van der Waals surface area (Å²) in [7, 11) is 0. The van der Waals surface area contributed by atoms with E-state index in [1.165, 1.54) is 33.4 Å². The molecular weight excluding hydrogens is 589 g/mol. The van der Waals surface area contributed by atoms with E-state index in [2.05, 4.69) is 99.4 Å². The van der Waals surface area contributed by atoms with Crippen molar-refractivity contribution < 1.29 is 4.39 Å². The molecule has 0 saturated carbocycles. The maximum absolute atomic E-state index is 14.2. The largest absolute Gasteiger partial charge is 0.307 e. The van der Waals surface area contributed by atoms with Gasteiger partial charge in [-0.05, 0) is 141 Å². The Morgan fingerprint density at radius 1 is 0.870 bits per heavy atom. The van der Waals surface area contributed by atoms with Crippen molar-refractivity contribution in [1.82, 2.24) is 10.2 Å². The van der Waals surface area contributed by atoms with Gasteiger partial charge in [-0.1, -0.05) is 74.8 Å². The number of nitrogens with one attached hydrogen (secondary N) is 1. The molecule has 1 heterocycles. The zero-order valence-electron chi connectivity index (χ0n) is 29.2. The quantitative estimate of drug-likeness (QED) is 0.158. The van der Waals surface area contributed by atoms with Crippen molar-refractivity contribution >= 4 is 11.6 Å². The van der Waals surface area contributed by atoms with Gasteiger partial charge in [0, 0.05) is 30.2 Å². The van der Waals surface area contributed by atoms with Crippen molar-refractivity contribution in [3.63, 3.8) is 0 Å². The Balaban J connectivity index is 1.44. The summed E-state index contributed by atoms with van der Waals surface area (Å²) in [6, 6.07) is 20.0. The molecule has 0 bridgehead atoms. The molecule has 0 aliphatic carbocycles. The number of nitrogens with zero attached hydrogens (tertiary/aromatic N) is 2. The minimum Gasteiger partial charge on any atom is -0.307 e. The Kier molecular flexibility index (Phi) is 12.9. The fourth-order valence-electron chi connectivity index (χ4n) is 7.34. The van der Waals surface area contributed by atoms with E-state index in [1.54, 1.807) is 6.92 Å². The molecule has 0 amide bonds. The van der Waals surface area contributed by atoms with Crippen LogP contribution in [0.5, 0.6) is 0 Å². The fraction of sp³-hybridized carbons (Fsp3) is 0.537. The molecule has 248 valence electrons. The van der Waals surface area contributed by atoms with Gasteiger partial charge >= 0.3 is 0 Å². The Morgan fingerprint density at radius 3 is 2.04 bits per heavy atom. The van der Waals surface area contributed by atoms with Crippen LogP contribution in [-0.2, 0) is 32.2 Å². The van der Waals surface area contributed by atoms with Crippen LogP contribution < -0.4 is 5.32 Å². The zero-order chi connectivity index (χ0) is 33.3. The number of hydrogen-bond acceptors (Lipinski definition) is 3. The van der Waals surface area contributed by atoms with Crippen LogP contribution in [0.4, 0.5) is 4.39 Å². The van der Waals surface area contributed by atoms with Gasteiger partial charge in [-0.15, -0.1) is 0 Å². The second-order valence-electron chi connectivity index (χ2n) is 13.8. The van der Waals surface area contributed by atoms with Gasteiger partial charge in [0.05, 0.1) is 12.5 Å². The number of unbranched alkanes of at least 4 members (excludes halogenated alkanes) is 1. The van der Waals surface area contributed by atoms with Crippen LogP contribution in [0, 0.1) is 25.2 Å². The van der Waals surface area contributed by atoms with Crippen LogP contribution in [0.15, 0.2) is 48.5 Å². The zero-order valence-corrected chi connectivity index (χ0v) is 29.9. The van der Waals surface area contributed by atoms with Crippen molar-refractivity contribution in [3.05, 3.63) is 92.5 Å². The molecule has 1 fully saturated rings. The van der Waals surface area contributed by atoms with Crippen molar-refractivity contribution in [2.45, 2.75) is 124 Å². The predicted octanol–water partition coefficient (Wildman–Crippen LogP) is 10.3. The van der Waals surface area contributed by atoms with E-state index < -0.39 is 5.67 Å². The van der Waals surface area contributed by atoms with Crippen molar-refractivity contribution in [1.29, 1.82) is 5.26 Å². The SMILES string of the molecule is CCC(CC)(CC)NCc1cc(Cl)c(CCc2cccc(-c3cccc(CCCCN4CCC(C)(F)C4)c3C)c2C)cc1CC#N. The lowest BCUT2D eigenvalue weighted by atomic mass is 9.88. The normalized spacial score (nSPS) is 17.0. The molecule has 5 heteroatoms. The van der Waals surface area contributed by atoms with Gasteiger partial charge in [-0.3, -0.25) is 0 Å². The Bertz CT molecular complexity index is 1490. The van der Waals surface area contributed by atoms with E-state index in [1.807, 2.05) is 0 Å². The highest BCUT2D eigenvalue weighted by atomic mass is 35.5. The third kappa shape index (κ3) is 9.00.